The Morgan fingerprint density at radius 3 is 2.07 bits per heavy atom. The molecule has 80 valence electrons. The van der Waals surface area contributed by atoms with E-state index in [4.69, 9.17) is 10.2 Å². The van der Waals surface area contributed by atoms with Crippen LogP contribution in [0.3, 0.4) is 0 Å². The van der Waals surface area contributed by atoms with Gasteiger partial charge < -0.3 is 10.2 Å². The van der Waals surface area contributed by atoms with Gasteiger partial charge in [0.2, 0.25) is 0 Å². The van der Waals surface area contributed by atoms with Gasteiger partial charge in [-0.3, -0.25) is 0 Å². The van der Waals surface area contributed by atoms with Gasteiger partial charge in [-0.15, -0.1) is 0 Å². The molecule has 5 heteroatoms. The highest BCUT2D eigenvalue weighted by Crippen LogP contribution is 2.23. The summed E-state index contributed by atoms with van der Waals surface area (Å²) in [6, 6.07) is 2.71. The van der Waals surface area contributed by atoms with Crippen LogP contribution in [-0.2, 0) is 6.42 Å². The van der Waals surface area contributed by atoms with E-state index in [2.05, 4.69) is 15.9 Å². The van der Waals surface area contributed by atoms with Crippen LogP contribution in [-0.4, -0.2) is 22.2 Å². The van der Waals surface area contributed by atoms with Crippen molar-refractivity contribution in [3.05, 3.63) is 33.3 Å². The molecule has 0 aromatic heterocycles. The fraction of sp³-hybridized carbons (Fsp3) is 0.200. The van der Waals surface area contributed by atoms with Crippen LogP contribution in [0.15, 0.2) is 16.6 Å². The molecular weight excluding hydrogens is 264 g/mol. The fourth-order valence-corrected chi connectivity index (χ4v) is 1.87. The molecule has 0 fully saturated rings. The van der Waals surface area contributed by atoms with Crippen LogP contribution < -0.4 is 0 Å². The summed E-state index contributed by atoms with van der Waals surface area (Å²) in [5.74, 6) is -2.47. The molecule has 2 N–H and O–H groups in total. The smallest absolute Gasteiger partial charge is 0.336 e. The maximum absolute atomic E-state index is 10.8. The van der Waals surface area contributed by atoms with E-state index >= 15 is 0 Å². The maximum Gasteiger partial charge on any atom is 0.336 e. The summed E-state index contributed by atoms with van der Waals surface area (Å²) in [6.45, 7) is 1.87. The summed E-state index contributed by atoms with van der Waals surface area (Å²) in [4.78, 5) is 21.6. The number of carboxylic acids is 2. The highest BCUT2D eigenvalue weighted by atomic mass is 79.9. The lowest BCUT2D eigenvalue weighted by Crippen LogP contribution is -2.09. The number of benzene rings is 1. The topological polar surface area (TPSA) is 74.6 Å². The van der Waals surface area contributed by atoms with Crippen molar-refractivity contribution in [1.29, 1.82) is 0 Å². The third-order valence-corrected chi connectivity index (χ3v) is 2.77. The number of carbonyl (C=O) groups is 2. The van der Waals surface area contributed by atoms with E-state index in [0.29, 0.717) is 10.9 Å². The summed E-state index contributed by atoms with van der Waals surface area (Å²) >= 11 is 3.20. The number of halogens is 1. The number of carboxylic acid groups (broad SMARTS) is 2. The maximum atomic E-state index is 10.8. The molecule has 1 rings (SSSR count). The van der Waals surface area contributed by atoms with Crippen LogP contribution in [0.5, 0.6) is 0 Å². The Bertz CT molecular complexity index is 426. The molecule has 0 atom stereocenters. The molecule has 0 bridgehead atoms. The molecule has 0 radical (unpaired) electrons. The van der Waals surface area contributed by atoms with Crippen molar-refractivity contribution < 1.29 is 19.8 Å². The average molecular weight is 273 g/mol. The van der Waals surface area contributed by atoms with Crippen LogP contribution in [0, 0.1) is 0 Å². The zero-order valence-electron chi connectivity index (χ0n) is 7.95. The van der Waals surface area contributed by atoms with Crippen molar-refractivity contribution >= 4 is 27.9 Å². The van der Waals surface area contributed by atoms with E-state index in [1.165, 1.54) is 12.1 Å². The minimum atomic E-state index is -1.24. The molecule has 0 saturated carbocycles. The number of aromatic carboxylic acids is 2. The molecule has 0 amide bonds. The first-order chi connectivity index (χ1) is 6.97. The Kier molecular flexibility index (Phi) is 3.47. The Morgan fingerprint density at radius 1 is 1.20 bits per heavy atom. The average Bonchev–Trinajstić information content (AvgIpc) is 2.16. The van der Waals surface area contributed by atoms with Crippen LogP contribution in [0.1, 0.15) is 33.2 Å². The Labute approximate surface area is 94.7 Å². The highest BCUT2D eigenvalue weighted by Gasteiger charge is 2.17. The minimum Gasteiger partial charge on any atom is -0.478 e. The SMILES string of the molecule is CCc1cc(C(=O)O)c(C(=O)O)cc1Br. The first kappa shape index (κ1) is 11.7. The van der Waals surface area contributed by atoms with Crippen LogP contribution in [0.2, 0.25) is 0 Å². The van der Waals surface area contributed by atoms with Gasteiger partial charge in [0.1, 0.15) is 0 Å². The number of aryl methyl sites for hydroxylation is 1. The molecule has 0 aliphatic heterocycles. The first-order valence-corrected chi connectivity index (χ1v) is 5.05. The minimum absolute atomic E-state index is 0.178. The standard InChI is InChI=1S/C10H9BrO4/c1-2-5-3-6(9(12)13)7(10(14)15)4-8(5)11/h3-4H,2H2,1H3,(H,12,13)(H,14,15). The highest BCUT2D eigenvalue weighted by molar-refractivity contribution is 9.10. The summed E-state index contributed by atoms with van der Waals surface area (Å²) in [5.41, 5.74) is 0.395. The number of hydrogen-bond donors (Lipinski definition) is 2. The Balaban J connectivity index is 3.45. The van der Waals surface area contributed by atoms with Gasteiger partial charge in [-0.25, -0.2) is 9.59 Å². The van der Waals surface area contributed by atoms with Crippen molar-refractivity contribution in [2.75, 3.05) is 0 Å². The normalized spacial score (nSPS) is 10.0. The largest absolute Gasteiger partial charge is 0.478 e. The molecule has 0 unspecified atom stereocenters. The monoisotopic (exact) mass is 272 g/mol. The van der Waals surface area contributed by atoms with E-state index in [-0.39, 0.29) is 11.1 Å². The van der Waals surface area contributed by atoms with Gasteiger partial charge >= 0.3 is 11.9 Å². The Hall–Kier alpha value is -1.36. The van der Waals surface area contributed by atoms with Gasteiger partial charge in [0.15, 0.2) is 0 Å². The molecule has 0 spiro atoms. The first-order valence-electron chi connectivity index (χ1n) is 4.26. The van der Waals surface area contributed by atoms with E-state index in [0.717, 1.165) is 5.56 Å². The zero-order chi connectivity index (χ0) is 11.6. The lowest BCUT2D eigenvalue weighted by molar-refractivity contribution is 0.0651. The summed E-state index contributed by atoms with van der Waals surface area (Å²) < 4.78 is 0.618. The van der Waals surface area contributed by atoms with Crippen molar-refractivity contribution in [1.82, 2.24) is 0 Å². The van der Waals surface area contributed by atoms with Crippen molar-refractivity contribution in [3.63, 3.8) is 0 Å². The molecule has 4 nitrogen and oxygen atoms in total. The van der Waals surface area contributed by atoms with E-state index in [9.17, 15) is 9.59 Å². The summed E-state index contributed by atoms with van der Waals surface area (Å²) in [7, 11) is 0. The quantitative estimate of drug-likeness (QED) is 0.886. The summed E-state index contributed by atoms with van der Waals surface area (Å²) in [6.07, 6.45) is 0.640. The number of hydrogen-bond acceptors (Lipinski definition) is 2. The molecule has 0 saturated heterocycles. The van der Waals surface area contributed by atoms with E-state index in [1.54, 1.807) is 0 Å². The second-order valence-electron chi connectivity index (χ2n) is 2.95. The number of rotatable bonds is 3. The third-order valence-electron chi connectivity index (χ3n) is 2.03. The summed E-state index contributed by atoms with van der Waals surface area (Å²) in [5, 5.41) is 17.7. The van der Waals surface area contributed by atoms with Crippen LogP contribution in [0.4, 0.5) is 0 Å². The second-order valence-corrected chi connectivity index (χ2v) is 3.81. The molecule has 1 aromatic rings. The van der Waals surface area contributed by atoms with Crippen LogP contribution in [0.25, 0.3) is 0 Å². The fourth-order valence-electron chi connectivity index (χ4n) is 1.24. The van der Waals surface area contributed by atoms with E-state index < -0.39 is 11.9 Å². The molecule has 0 aliphatic carbocycles. The lowest BCUT2D eigenvalue weighted by atomic mass is 10.0. The Morgan fingerprint density at radius 2 is 1.67 bits per heavy atom. The van der Waals surface area contributed by atoms with Crippen molar-refractivity contribution in [3.8, 4) is 0 Å². The van der Waals surface area contributed by atoms with Crippen molar-refractivity contribution in [2.45, 2.75) is 13.3 Å². The molecule has 15 heavy (non-hydrogen) atoms. The lowest BCUT2D eigenvalue weighted by Gasteiger charge is -2.06. The second kappa shape index (κ2) is 4.44. The van der Waals surface area contributed by atoms with E-state index in [1.807, 2.05) is 6.92 Å². The van der Waals surface area contributed by atoms with Gasteiger partial charge in [-0.05, 0) is 24.1 Å². The predicted octanol–water partition coefficient (Wildman–Crippen LogP) is 2.41. The molecule has 0 aliphatic rings. The predicted molar refractivity (Wildman–Crippen MR) is 57.4 cm³/mol. The van der Waals surface area contributed by atoms with Gasteiger partial charge in [0, 0.05) is 4.47 Å². The van der Waals surface area contributed by atoms with Gasteiger partial charge in [-0.1, -0.05) is 22.9 Å². The molecule has 0 heterocycles. The molecule has 1 aromatic carbocycles. The van der Waals surface area contributed by atoms with Gasteiger partial charge in [-0.2, -0.15) is 0 Å². The molecular formula is C10H9BrO4. The third kappa shape index (κ3) is 2.36. The van der Waals surface area contributed by atoms with Crippen LogP contribution >= 0.6 is 15.9 Å². The van der Waals surface area contributed by atoms with Gasteiger partial charge in [0.25, 0.3) is 0 Å². The van der Waals surface area contributed by atoms with Crippen molar-refractivity contribution in [2.24, 2.45) is 0 Å². The van der Waals surface area contributed by atoms with Gasteiger partial charge in [0.05, 0.1) is 11.1 Å². The zero-order valence-corrected chi connectivity index (χ0v) is 9.54.